The van der Waals surface area contributed by atoms with Crippen LogP contribution < -0.4 is 10.2 Å². The molecule has 3 aromatic rings. The molecule has 3 heterocycles. The molecule has 6 nitrogen and oxygen atoms in total. The van der Waals surface area contributed by atoms with Crippen molar-refractivity contribution in [2.24, 2.45) is 7.05 Å². The number of pyridine rings is 1. The second kappa shape index (κ2) is 7.39. The molecule has 1 aliphatic rings. The van der Waals surface area contributed by atoms with Gasteiger partial charge in [0.05, 0.1) is 5.56 Å². The van der Waals surface area contributed by atoms with Crippen LogP contribution in [0.5, 0.6) is 0 Å². The van der Waals surface area contributed by atoms with Crippen LogP contribution in [-0.2, 0) is 13.5 Å². The molecule has 0 saturated heterocycles. The van der Waals surface area contributed by atoms with Gasteiger partial charge in [-0.05, 0) is 43.9 Å². The summed E-state index contributed by atoms with van der Waals surface area (Å²) in [5.74, 6) is 0.765. The van der Waals surface area contributed by atoms with Crippen molar-refractivity contribution in [1.29, 1.82) is 0 Å². The summed E-state index contributed by atoms with van der Waals surface area (Å²) in [6.07, 6.45) is 4.93. The summed E-state index contributed by atoms with van der Waals surface area (Å²) < 4.78 is 1.90. The number of nitrogens with one attached hydrogen (secondary N) is 1. The Hall–Kier alpha value is -2.89. The maximum Gasteiger partial charge on any atom is 0.253 e. The summed E-state index contributed by atoms with van der Waals surface area (Å²) in [7, 11) is 1.91. The lowest BCUT2D eigenvalue weighted by molar-refractivity contribution is 0.0955. The number of para-hydroxylation sites is 1. The minimum atomic E-state index is -0.0838. The highest BCUT2D eigenvalue weighted by molar-refractivity contribution is 6.04. The van der Waals surface area contributed by atoms with Crippen molar-refractivity contribution in [2.75, 3.05) is 24.5 Å². The predicted molar refractivity (Wildman–Crippen MR) is 107 cm³/mol. The van der Waals surface area contributed by atoms with E-state index < -0.39 is 0 Å². The van der Waals surface area contributed by atoms with Crippen LogP contribution in [0, 0.1) is 6.92 Å². The molecular formula is C21H25N5O. The number of rotatable bonds is 5. The van der Waals surface area contributed by atoms with Crippen LogP contribution in [0.25, 0.3) is 11.2 Å². The topological polar surface area (TPSA) is 63.1 Å². The number of anilines is 1. The van der Waals surface area contributed by atoms with E-state index in [9.17, 15) is 4.79 Å². The fraction of sp³-hybridized carbons (Fsp3) is 0.381. The molecule has 0 aliphatic carbocycles. The Bertz CT molecular complexity index is 978. The number of aryl methyl sites for hydroxylation is 3. The van der Waals surface area contributed by atoms with Crippen molar-refractivity contribution in [1.82, 2.24) is 19.9 Å². The molecule has 0 spiro atoms. The van der Waals surface area contributed by atoms with Crippen molar-refractivity contribution in [2.45, 2.75) is 26.2 Å². The highest BCUT2D eigenvalue weighted by atomic mass is 16.1. The van der Waals surface area contributed by atoms with Crippen molar-refractivity contribution >= 4 is 22.8 Å². The number of aromatic nitrogens is 3. The van der Waals surface area contributed by atoms with Gasteiger partial charge < -0.3 is 14.8 Å². The van der Waals surface area contributed by atoms with Gasteiger partial charge in [0.2, 0.25) is 0 Å². The first-order valence-electron chi connectivity index (χ1n) is 9.54. The number of hydrogen-bond donors (Lipinski definition) is 1. The van der Waals surface area contributed by atoms with Crippen molar-refractivity contribution < 1.29 is 4.79 Å². The molecule has 1 aromatic carbocycles. The van der Waals surface area contributed by atoms with Gasteiger partial charge in [0.25, 0.3) is 5.91 Å². The molecule has 27 heavy (non-hydrogen) atoms. The Kier molecular flexibility index (Phi) is 4.79. The molecule has 0 fully saturated rings. The van der Waals surface area contributed by atoms with Gasteiger partial charge in [-0.15, -0.1) is 0 Å². The molecule has 0 bridgehead atoms. The quantitative estimate of drug-likeness (QED) is 0.708. The molecule has 6 heteroatoms. The number of benzene rings is 1. The third-order valence-corrected chi connectivity index (χ3v) is 5.32. The number of carbonyl (C=O) groups excluding carboxylic acids is 1. The zero-order valence-electron chi connectivity index (χ0n) is 15.9. The van der Waals surface area contributed by atoms with E-state index in [4.69, 9.17) is 0 Å². The zero-order chi connectivity index (χ0) is 18.8. The molecule has 4 rings (SSSR count). The monoisotopic (exact) mass is 363 g/mol. The molecule has 0 radical (unpaired) electrons. The fourth-order valence-corrected chi connectivity index (χ4v) is 3.78. The van der Waals surface area contributed by atoms with Gasteiger partial charge in [-0.2, -0.15) is 0 Å². The van der Waals surface area contributed by atoms with Crippen LogP contribution in [0.15, 0.2) is 36.5 Å². The largest absolute Gasteiger partial charge is 0.371 e. The maximum absolute atomic E-state index is 12.6. The summed E-state index contributed by atoms with van der Waals surface area (Å²) in [6, 6.07) is 10.4. The van der Waals surface area contributed by atoms with Crippen molar-refractivity contribution in [3.05, 3.63) is 53.5 Å². The minimum Gasteiger partial charge on any atom is -0.371 e. The summed E-state index contributed by atoms with van der Waals surface area (Å²) in [5.41, 5.74) is 4.77. The van der Waals surface area contributed by atoms with Crippen molar-refractivity contribution in [3.8, 4) is 0 Å². The number of fused-ring (bicyclic) bond motifs is 2. The molecule has 140 valence electrons. The Morgan fingerprint density at radius 2 is 2.11 bits per heavy atom. The smallest absolute Gasteiger partial charge is 0.253 e. The van der Waals surface area contributed by atoms with Crippen LogP contribution in [0.1, 0.15) is 34.6 Å². The second-order valence-electron chi connectivity index (χ2n) is 7.08. The Labute approximate surface area is 159 Å². The molecular weight excluding hydrogens is 338 g/mol. The lowest BCUT2D eigenvalue weighted by atomic mass is 10.0. The lowest BCUT2D eigenvalue weighted by Gasteiger charge is -2.31. The van der Waals surface area contributed by atoms with Crippen LogP contribution in [-0.4, -0.2) is 40.1 Å². The SMILES string of the molecule is Cc1nc2c(C(=O)NCCCN3CCCc4ccccc43)ccnc2n1C. The van der Waals surface area contributed by atoms with Gasteiger partial charge in [-0.25, -0.2) is 9.97 Å². The molecule has 0 unspecified atom stereocenters. The van der Waals surface area contributed by atoms with Gasteiger partial charge in [0.15, 0.2) is 5.65 Å². The standard InChI is InChI=1S/C21H25N5O/c1-15-24-19-17(10-12-22-20(19)25(15)2)21(27)23-11-6-14-26-13-5-8-16-7-3-4-9-18(16)26/h3-4,7,9-10,12H,5-6,8,11,13-14H2,1-2H3,(H,23,27). The number of hydrogen-bond acceptors (Lipinski definition) is 4. The van der Waals surface area contributed by atoms with Crippen LogP contribution in [0.4, 0.5) is 5.69 Å². The van der Waals surface area contributed by atoms with Gasteiger partial charge in [-0.3, -0.25) is 4.79 Å². The second-order valence-corrected chi connectivity index (χ2v) is 7.08. The molecule has 0 atom stereocenters. The highest BCUT2D eigenvalue weighted by Gasteiger charge is 2.17. The number of carbonyl (C=O) groups is 1. The molecule has 2 aromatic heterocycles. The summed E-state index contributed by atoms with van der Waals surface area (Å²) >= 11 is 0. The lowest BCUT2D eigenvalue weighted by Crippen LogP contribution is -2.33. The van der Waals surface area contributed by atoms with Crippen molar-refractivity contribution in [3.63, 3.8) is 0 Å². The van der Waals surface area contributed by atoms with E-state index in [1.165, 1.54) is 17.7 Å². The summed E-state index contributed by atoms with van der Waals surface area (Å²) in [5, 5.41) is 3.04. The van der Waals surface area contributed by atoms with E-state index in [0.717, 1.165) is 37.4 Å². The first-order chi connectivity index (χ1) is 13.1. The Morgan fingerprint density at radius 3 is 3.00 bits per heavy atom. The molecule has 1 aliphatic heterocycles. The fourth-order valence-electron chi connectivity index (χ4n) is 3.78. The van der Waals surface area contributed by atoms with Gasteiger partial charge >= 0.3 is 0 Å². The summed E-state index contributed by atoms with van der Waals surface area (Å²) in [6.45, 7) is 4.60. The number of imidazole rings is 1. The van der Waals surface area contributed by atoms with E-state index in [1.54, 1.807) is 12.3 Å². The normalized spacial score (nSPS) is 13.6. The maximum atomic E-state index is 12.6. The first kappa shape index (κ1) is 17.5. The average Bonchev–Trinajstić information content (AvgIpc) is 2.99. The minimum absolute atomic E-state index is 0.0838. The summed E-state index contributed by atoms with van der Waals surface area (Å²) in [4.78, 5) is 23.9. The van der Waals surface area contributed by atoms with E-state index in [-0.39, 0.29) is 5.91 Å². The van der Waals surface area contributed by atoms with Gasteiger partial charge in [0.1, 0.15) is 11.3 Å². The molecule has 1 N–H and O–H groups in total. The van der Waals surface area contributed by atoms with Crippen LogP contribution in [0.2, 0.25) is 0 Å². The number of amides is 1. The molecule has 0 saturated carbocycles. The van der Waals surface area contributed by atoms with Gasteiger partial charge in [0, 0.05) is 38.6 Å². The predicted octanol–water partition coefficient (Wildman–Crippen LogP) is 2.85. The van der Waals surface area contributed by atoms with Gasteiger partial charge in [-0.1, -0.05) is 18.2 Å². The third kappa shape index (κ3) is 3.39. The molecule has 1 amide bonds. The van der Waals surface area contributed by atoms with E-state index in [2.05, 4.69) is 44.5 Å². The van der Waals surface area contributed by atoms with E-state index in [0.29, 0.717) is 17.6 Å². The highest BCUT2D eigenvalue weighted by Crippen LogP contribution is 2.26. The third-order valence-electron chi connectivity index (χ3n) is 5.32. The number of nitrogens with zero attached hydrogens (tertiary/aromatic N) is 4. The van der Waals surface area contributed by atoms with E-state index >= 15 is 0 Å². The first-order valence-corrected chi connectivity index (χ1v) is 9.54. The average molecular weight is 363 g/mol. The van der Waals surface area contributed by atoms with Crippen LogP contribution >= 0.6 is 0 Å². The Morgan fingerprint density at radius 1 is 1.26 bits per heavy atom. The Balaban J connectivity index is 1.37. The van der Waals surface area contributed by atoms with Crippen LogP contribution in [0.3, 0.4) is 0 Å². The zero-order valence-corrected chi connectivity index (χ0v) is 15.9. The van der Waals surface area contributed by atoms with E-state index in [1.807, 2.05) is 18.5 Å².